The third kappa shape index (κ3) is 6.77. The number of hydrogen-bond acceptors (Lipinski definition) is 6. The predicted octanol–water partition coefficient (Wildman–Crippen LogP) is 13.0. The van der Waals surface area contributed by atoms with E-state index in [2.05, 4.69) is 178 Å². The maximum atomic E-state index is 6.65. The fourth-order valence-corrected chi connectivity index (χ4v) is 7.39. The Labute approximate surface area is 344 Å². The summed E-state index contributed by atoms with van der Waals surface area (Å²) >= 11 is 0. The van der Waals surface area contributed by atoms with Crippen molar-refractivity contribution in [1.29, 1.82) is 0 Å². The molecule has 0 saturated carbocycles. The van der Waals surface area contributed by atoms with E-state index in [4.69, 9.17) is 14.7 Å². The number of pyridine rings is 2. The smallest absolute Gasteiger partial charge is 0.135 e. The Morgan fingerprint density at radius 3 is 1.75 bits per heavy atom. The molecule has 0 bridgehead atoms. The van der Waals surface area contributed by atoms with E-state index >= 15 is 0 Å². The SMILES string of the molecule is CC(C)(C)c1ccnc(N2[CH-]N(c3[c-]c(Oc4[c-]c5c(cc4)-c4ccccc4-c4ccccc4N5c4cc(C(C)(C)C)ccn4)ccc3)c3ccccc32)c1.[Pt]. The summed E-state index contributed by atoms with van der Waals surface area (Å²) in [6.07, 6.45) is 3.80. The summed E-state index contributed by atoms with van der Waals surface area (Å²) in [5.74, 6) is 2.85. The molecule has 0 aliphatic carbocycles. The second-order valence-corrected chi connectivity index (χ2v) is 16.1. The molecule has 0 spiro atoms. The summed E-state index contributed by atoms with van der Waals surface area (Å²) in [6.45, 7) is 15.4. The van der Waals surface area contributed by atoms with Gasteiger partial charge >= 0.3 is 0 Å². The second-order valence-electron chi connectivity index (χ2n) is 16.1. The quantitative estimate of drug-likeness (QED) is 0.160. The van der Waals surface area contributed by atoms with Gasteiger partial charge in [-0.2, -0.15) is 12.1 Å². The molecule has 282 valence electrons. The number of nitrogens with zero attached hydrogens (tertiary/aromatic N) is 5. The van der Waals surface area contributed by atoms with Gasteiger partial charge in [-0.05, 0) is 70.0 Å². The average molecular weight is 912 g/mol. The normalized spacial score (nSPS) is 13.2. The molecule has 6 nitrogen and oxygen atoms in total. The van der Waals surface area contributed by atoms with Crippen LogP contribution < -0.4 is 19.4 Å². The molecule has 0 N–H and O–H groups in total. The molecule has 0 fully saturated rings. The maximum absolute atomic E-state index is 6.65. The molecule has 7 aromatic rings. The van der Waals surface area contributed by atoms with E-state index in [-0.39, 0.29) is 31.9 Å². The number of fused-ring (bicyclic) bond motifs is 6. The minimum atomic E-state index is -0.0539. The minimum absolute atomic E-state index is 0. The number of benzene rings is 5. The Morgan fingerprint density at radius 2 is 1.07 bits per heavy atom. The van der Waals surface area contributed by atoms with Crippen LogP contribution in [0.3, 0.4) is 0 Å². The molecule has 5 aromatic carbocycles. The van der Waals surface area contributed by atoms with Gasteiger partial charge in [0, 0.05) is 61.9 Å². The van der Waals surface area contributed by atoms with Gasteiger partial charge in [0.05, 0.1) is 5.69 Å². The van der Waals surface area contributed by atoms with Gasteiger partial charge in [-0.3, -0.25) is 0 Å². The molecule has 0 radical (unpaired) electrons. The molecule has 0 unspecified atom stereocenters. The first kappa shape index (κ1) is 37.2. The van der Waals surface area contributed by atoms with Crippen LogP contribution in [0.1, 0.15) is 52.7 Å². The predicted molar refractivity (Wildman–Crippen MR) is 224 cm³/mol. The van der Waals surface area contributed by atoms with Gasteiger partial charge in [-0.15, -0.1) is 48.3 Å². The molecule has 9 rings (SSSR count). The van der Waals surface area contributed by atoms with Gasteiger partial charge in [0.15, 0.2) is 0 Å². The van der Waals surface area contributed by atoms with Crippen LogP contribution in [0, 0.1) is 18.8 Å². The molecule has 4 heterocycles. The molecule has 0 amide bonds. The van der Waals surface area contributed by atoms with Crippen molar-refractivity contribution in [1.82, 2.24) is 9.97 Å². The van der Waals surface area contributed by atoms with Gasteiger partial charge in [-0.25, -0.2) is 9.97 Å². The fraction of sp³-hybridized carbons (Fsp3) is 0.163. The van der Waals surface area contributed by atoms with Crippen molar-refractivity contribution >= 4 is 40.1 Å². The summed E-state index contributed by atoms with van der Waals surface area (Å²) < 4.78 is 6.65. The summed E-state index contributed by atoms with van der Waals surface area (Å²) in [7, 11) is 0. The van der Waals surface area contributed by atoms with Gasteiger partial charge in [0.25, 0.3) is 0 Å². The van der Waals surface area contributed by atoms with Gasteiger partial charge in [0.1, 0.15) is 11.6 Å². The van der Waals surface area contributed by atoms with Crippen LogP contribution >= 0.6 is 0 Å². The van der Waals surface area contributed by atoms with Crippen LogP contribution in [-0.4, -0.2) is 9.97 Å². The zero-order valence-electron chi connectivity index (χ0n) is 32.3. The first-order valence-corrected chi connectivity index (χ1v) is 18.7. The third-order valence-electron chi connectivity index (χ3n) is 10.3. The van der Waals surface area contributed by atoms with E-state index in [0.29, 0.717) is 11.5 Å². The van der Waals surface area contributed by atoms with Gasteiger partial charge in [0.2, 0.25) is 0 Å². The number of rotatable bonds is 5. The largest absolute Gasteiger partial charge is 0.509 e. The minimum Gasteiger partial charge on any atom is -0.509 e. The number of anilines is 7. The van der Waals surface area contributed by atoms with E-state index in [0.717, 1.165) is 62.3 Å². The molecular weight excluding hydrogens is 870 g/mol. The van der Waals surface area contributed by atoms with Crippen molar-refractivity contribution in [3.8, 4) is 33.8 Å². The molecule has 56 heavy (non-hydrogen) atoms. The van der Waals surface area contributed by atoms with Crippen molar-refractivity contribution in [2.45, 2.75) is 52.4 Å². The molecule has 2 aliphatic heterocycles. The molecule has 2 aliphatic rings. The number of ether oxygens (including phenoxy) is 1. The summed E-state index contributed by atoms with van der Waals surface area (Å²) in [4.78, 5) is 16.2. The molecule has 2 aromatic heterocycles. The van der Waals surface area contributed by atoms with Gasteiger partial charge in [-0.1, -0.05) is 107 Å². The van der Waals surface area contributed by atoms with Crippen LogP contribution in [0.5, 0.6) is 11.5 Å². The number of para-hydroxylation sites is 3. The first-order valence-electron chi connectivity index (χ1n) is 18.7. The fourth-order valence-electron chi connectivity index (χ4n) is 7.39. The molecule has 0 saturated heterocycles. The Bertz CT molecular complexity index is 2570. The van der Waals surface area contributed by atoms with Crippen molar-refractivity contribution < 1.29 is 25.8 Å². The van der Waals surface area contributed by atoms with E-state index in [1.54, 1.807) is 0 Å². The van der Waals surface area contributed by atoms with E-state index in [9.17, 15) is 0 Å². The maximum Gasteiger partial charge on any atom is 0.135 e. The first-order chi connectivity index (χ1) is 26.5. The van der Waals surface area contributed by atoms with Crippen LogP contribution in [0.15, 0.2) is 140 Å². The van der Waals surface area contributed by atoms with Crippen molar-refractivity contribution in [2.24, 2.45) is 0 Å². The van der Waals surface area contributed by atoms with Crippen molar-refractivity contribution in [3.63, 3.8) is 0 Å². The van der Waals surface area contributed by atoms with Crippen LogP contribution in [0.4, 0.5) is 40.1 Å². The second kappa shape index (κ2) is 14.4. The van der Waals surface area contributed by atoms with Crippen LogP contribution in [0.25, 0.3) is 22.3 Å². The topological polar surface area (TPSA) is 44.7 Å². The summed E-state index contributed by atoms with van der Waals surface area (Å²) in [6, 6.07) is 51.4. The zero-order valence-corrected chi connectivity index (χ0v) is 34.6. The van der Waals surface area contributed by atoms with Crippen LogP contribution in [-0.2, 0) is 31.9 Å². The third-order valence-corrected chi connectivity index (χ3v) is 10.3. The Morgan fingerprint density at radius 1 is 0.518 bits per heavy atom. The van der Waals surface area contributed by atoms with E-state index < -0.39 is 0 Å². The van der Waals surface area contributed by atoms with Gasteiger partial charge < -0.3 is 19.4 Å². The van der Waals surface area contributed by atoms with E-state index in [1.807, 2.05) is 36.7 Å². The molecule has 0 atom stereocenters. The molecule has 7 heteroatoms. The zero-order chi connectivity index (χ0) is 37.9. The molecular formula is C49H42N5OPt-3. The Kier molecular flexibility index (Phi) is 9.58. The summed E-state index contributed by atoms with van der Waals surface area (Å²) in [5, 5.41) is 0. The van der Waals surface area contributed by atoms with Crippen LogP contribution in [0.2, 0.25) is 0 Å². The Hall–Kier alpha value is -5.71. The Balaban J connectivity index is 0.00000441. The average Bonchev–Trinajstić information content (AvgIpc) is 3.53. The van der Waals surface area contributed by atoms with E-state index in [1.165, 1.54) is 11.1 Å². The monoisotopic (exact) mass is 911 g/mol. The van der Waals surface area contributed by atoms with Crippen molar-refractivity contribution in [3.05, 3.63) is 170 Å². The summed E-state index contributed by atoms with van der Waals surface area (Å²) in [5.41, 5.74) is 11.7. The number of hydrogen-bond donors (Lipinski definition) is 0. The standard InChI is InChI=1S/C49H42N5O.Pt/c1-48(2,3)33-24-26-50-46(28-33)53-32-52(43-20-11-12-21-44(43)53)35-14-13-15-36(30-35)55-37-22-23-41-39-17-8-7-16-38(39)40-18-9-10-19-42(40)54(45(41)31-37)47-29-34(25-27-51-47)49(4,5)6;/h7-29,32H,1-6H3;/q-3;. The number of aromatic nitrogens is 2. The van der Waals surface area contributed by atoms with Crippen molar-refractivity contribution in [2.75, 3.05) is 14.7 Å².